The molecular weight excluding hydrogens is 272 g/mol. The van der Waals surface area contributed by atoms with Crippen molar-refractivity contribution in [3.05, 3.63) is 35.4 Å². The van der Waals surface area contributed by atoms with E-state index in [0.717, 1.165) is 37.8 Å². The minimum absolute atomic E-state index is 0.0793. The van der Waals surface area contributed by atoms with E-state index in [0.29, 0.717) is 18.6 Å². The standard InChI is InChI=1S/C17H23F2NO/c1-21-5-4-20-11-17(8-12-6-13(12)9-17)10-14-7-15(18)2-3-16(14)19/h2-3,7,12-13,20H,4-6,8-11H2,1H3. The third kappa shape index (κ3) is 3.43. The number of methoxy groups -OCH3 is 1. The van der Waals surface area contributed by atoms with E-state index in [4.69, 9.17) is 4.74 Å². The molecule has 0 amide bonds. The first-order valence-corrected chi connectivity index (χ1v) is 7.75. The van der Waals surface area contributed by atoms with Gasteiger partial charge in [0.25, 0.3) is 0 Å². The monoisotopic (exact) mass is 295 g/mol. The zero-order valence-corrected chi connectivity index (χ0v) is 12.5. The number of ether oxygens (including phenoxy) is 1. The average Bonchev–Trinajstić information content (AvgIpc) is 3.07. The van der Waals surface area contributed by atoms with Gasteiger partial charge in [-0.25, -0.2) is 8.78 Å². The molecule has 2 saturated carbocycles. The Hall–Kier alpha value is -1.00. The van der Waals surface area contributed by atoms with Crippen LogP contribution in [-0.4, -0.2) is 26.8 Å². The van der Waals surface area contributed by atoms with Gasteiger partial charge in [0.2, 0.25) is 0 Å². The van der Waals surface area contributed by atoms with Crippen LogP contribution in [0.25, 0.3) is 0 Å². The van der Waals surface area contributed by atoms with Crippen molar-refractivity contribution in [1.82, 2.24) is 5.32 Å². The molecule has 0 saturated heterocycles. The maximum atomic E-state index is 13.9. The Balaban J connectivity index is 1.69. The van der Waals surface area contributed by atoms with Gasteiger partial charge in [-0.2, -0.15) is 0 Å². The largest absolute Gasteiger partial charge is 0.383 e. The summed E-state index contributed by atoms with van der Waals surface area (Å²) in [4.78, 5) is 0. The summed E-state index contributed by atoms with van der Waals surface area (Å²) in [7, 11) is 1.68. The highest BCUT2D eigenvalue weighted by Gasteiger charge is 2.53. The van der Waals surface area contributed by atoms with Crippen LogP contribution in [0.5, 0.6) is 0 Å². The first kappa shape index (κ1) is 14.9. The lowest BCUT2D eigenvalue weighted by Gasteiger charge is -2.32. The number of nitrogens with one attached hydrogen (secondary N) is 1. The molecule has 0 radical (unpaired) electrons. The zero-order chi connectivity index (χ0) is 14.9. The van der Waals surface area contributed by atoms with Crippen molar-refractivity contribution in [3.8, 4) is 0 Å². The molecule has 2 aliphatic carbocycles. The molecule has 3 rings (SSSR count). The van der Waals surface area contributed by atoms with Crippen molar-refractivity contribution in [2.75, 3.05) is 26.8 Å². The highest BCUT2D eigenvalue weighted by Crippen LogP contribution is 2.60. The Morgan fingerprint density at radius 2 is 2.05 bits per heavy atom. The van der Waals surface area contributed by atoms with E-state index in [9.17, 15) is 8.78 Å². The van der Waals surface area contributed by atoms with Gasteiger partial charge in [-0.1, -0.05) is 0 Å². The first-order valence-electron chi connectivity index (χ1n) is 7.75. The topological polar surface area (TPSA) is 21.3 Å². The Morgan fingerprint density at radius 3 is 2.76 bits per heavy atom. The normalized spacial score (nSPS) is 30.4. The second-order valence-electron chi connectivity index (χ2n) is 6.75. The number of rotatable bonds is 7. The fourth-order valence-electron chi connectivity index (χ4n) is 3.97. The number of hydrogen-bond donors (Lipinski definition) is 1. The fraction of sp³-hybridized carbons (Fsp3) is 0.647. The van der Waals surface area contributed by atoms with E-state index < -0.39 is 0 Å². The minimum atomic E-state index is -0.350. The maximum Gasteiger partial charge on any atom is 0.126 e. The van der Waals surface area contributed by atoms with Crippen molar-refractivity contribution in [2.24, 2.45) is 17.3 Å². The Bertz CT molecular complexity index is 496. The predicted octanol–water partition coefficient (Wildman–Crippen LogP) is 3.16. The predicted molar refractivity (Wildman–Crippen MR) is 78.1 cm³/mol. The molecule has 1 aromatic rings. The fourth-order valence-corrected chi connectivity index (χ4v) is 3.97. The Labute approximate surface area is 124 Å². The zero-order valence-electron chi connectivity index (χ0n) is 12.5. The van der Waals surface area contributed by atoms with Gasteiger partial charge in [0.05, 0.1) is 6.61 Å². The summed E-state index contributed by atoms with van der Waals surface area (Å²) >= 11 is 0. The van der Waals surface area contributed by atoms with Gasteiger partial charge in [0, 0.05) is 20.2 Å². The summed E-state index contributed by atoms with van der Waals surface area (Å²) in [6.45, 7) is 2.34. The molecule has 116 valence electrons. The molecule has 0 aromatic heterocycles. The first-order chi connectivity index (χ1) is 10.1. The van der Waals surface area contributed by atoms with Gasteiger partial charge < -0.3 is 10.1 Å². The molecule has 0 bridgehead atoms. The van der Waals surface area contributed by atoms with Crippen molar-refractivity contribution in [3.63, 3.8) is 0 Å². The summed E-state index contributed by atoms with van der Waals surface area (Å²) < 4.78 is 32.4. The molecule has 1 N–H and O–H groups in total. The molecule has 2 atom stereocenters. The highest BCUT2D eigenvalue weighted by molar-refractivity contribution is 5.22. The van der Waals surface area contributed by atoms with Crippen LogP contribution in [0.4, 0.5) is 8.78 Å². The van der Waals surface area contributed by atoms with Crippen molar-refractivity contribution in [2.45, 2.75) is 25.7 Å². The lowest BCUT2D eigenvalue weighted by Crippen LogP contribution is -2.37. The van der Waals surface area contributed by atoms with E-state index in [-0.39, 0.29) is 17.0 Å². The number of fused-ring (bicyclic) bond motifs is 1. The van der Waals surface area contributed by atoms with Crippen LogP contribution in [0.3, 0.4) is 0 Å². The molecule has 0 aliphatic heterocycles. The molecular formula is C17H23F2NO. The van der Waals surface area contributed by atoms with Gasteiger partial charge in [0.1, 0.15) is 11.6 Å². The van der Waals surface area contributed by atoms with E-state index >= 15 is 0 Å². The number of hydrogen-bond acceptors (Lipinski definition) is 2. The lowest BCUT2D eigenvalue weighted by molar-refractivity contribution is 0.185. The van der Waals surface area contributed by atoms with Crippen LogP contribution < -0.4 is 5.32 Å². The Morgan fingerprint density at radius 1 is 1.29 bits per heavy atom. The minimum Gasteiger partial charge on any atom is -0.383 e. The number of benzene rings is 1. The van der Waals surface area contributed by atoms with Crippen LogP contribution in [0.15, 0.2) is 18.2 Å². The SMILES string of the molecule is COCCNCC1(Cc2cc(F)ccc2F)CC2CC2C1. The summed E-state index contributed by atoms with van der Waals surface area (Å²) in [5.74, 6) is 0.988. The van der Waals surface area contributed by atoms with Crippen LogP contribution in [0.1, 0.15) is 24.8 Å². The van der Waals surface area contributed by atoms with Crippen LogP contribution in [-0.2, 0) is 11.2 Å². The van der Waals surface area contributed by atoms with Gasteiger partial charge in [-0.3, -0.25) is 0 Å². The van der Waals surface area contributed by atoms with E-state index in [1.807, 2.05) is 0 Å². The summed E-state index contributed by atoms with van der Waals surface area (Å²) in [6.07, 6.45) is 4.22. The van der Waals surface area contributed by atoms with Crippen LogP contribution >= 0.6 is 0 Å². The van der Waals surface area contributed by atoms with E-state index in [1.54, 1.807) is 7.11 Å². The molecule has 0 spiro atoms. The van der Waals surface area contributed by atoms with Crippen molar-refractivity contribution < 1.29 is 13.5 Å². The van der Waals surface area contributed by atoms with Gasteiger partial charge in [-0.15, -0.1) is 0 Å². The third-order valence-electron chi connectivity index (χ3n) is 5.02. The third-order valence-corrected chi connectivity index (χ3v) is 5.02. The number of halogens is 2. The molecule has 4 heteroatoms. The second-order valence-corrected chi connectivity index (χ2v) is 6.75. The van der Waals surface area contributed by atoms with Gasteiger partial charge in [0.15, 0.2) is 0 Å². The van der Waals surface area contributed by atoms with Crippen molar-refractivity contribution >= 4 is 0 Å². The average molecular weight is 295 g/mol. The molecule has 2 aliphatic rings. The lowest BCUT2D eigenvalue weighted by atomic mass is 9.77. The Kier molecular flexibility index (Phi) is 4.27. The second kappa shape index (κ2) is 6.01. The molecule has 0 heterocycles. The highest BCUT2D eigenvalue weighted by atomic mass is 19.1. The van der Waals surface area contributed by atoms with Crippen LogP contribution in [0.2, 0.25) is 0 Å². The van der Waals surface area contributed by atoms with E-state index in [2.05, 4.69) is 5.32 Å². The molecule has 2 fully saturated rings. The summed E-state index contributed by atoms with van der Waals surface area (Å²) in [5, 5.41) is 3.42. The molecule has 2 nitrogen and oxygen atoms in total. The van der Waals surface area contributed by atoms with E-state index in [1.165, 1.54) is 24.6 Å². The van der Waals surface area contributed by atoms with Gasteiger partial charge >= 0.3 is 0 Å². The summed E-state index contributed by atoms with van der Waals surface area (Å²) in [5.41, 5.74) is 0.598. The smallest absolute Gasteiger partial charge is 0.126 e. The molecule has 1 aromatic carbocycles. The summed E-state index contributed by atoms with van der Waals surface area (Å²) in [6, 6.07) is 3.79. The van der Waals surface area contributed by atoms with Crippen molar-refractivity contribution in [1.29, 1.82) is 0 Å². The van der Waals surface area contributed by atoms with Crippen LogP contribution in [0, 0.1) is 28.9 Å². The maximum absolute atomic E-state index is 13.9. The van der Waals surface area contributed by atoms with Gasteiger partial charge in [-0.05, 0) is 66.7 Å². The molecule has 21 heavy (non-hydrogen) atoms. The molecule has 2 unspecified atom stereocenters. The quantitative estimate of drug-likeness (QED) is 0.780.